The van der Waals surface area contributed by atoms with Gasteiger partial charge in [0.25, 0.3) is 0 Å². The first-order valence-corrected chi connectivity index (χ1v) is 7.85. The smallest absolute Gasteiger partial charge is 0.229 e. The summed E-state index contributed by atoms with van der Waals surface area (Å²) >= 11 is 6.14. The summed E-state index contributed by atoms with van der Waals surface area (Å²) in [7, 11) is 0. The number of nitrogens with one attached hydrogen (secondary N) is 1. The van der Waals surface area contributed by atoms with Gasteiger partial charge < -0.3 is 10.2 Å². The largest absolute Gasteiger partial charge is 0.324 e. The van der Waals surface area contributed by atoms with Crippen LogP contribution in [0.5, 0.6) is 0 Å². The van der Waals surface area contributed by atoms with E-state index in [1.807, 2.05) is 49.4 Å². The highest BCUT2D eigenvalue weighted by atomic mass is 35.5. The third kappa shape index (κ3) is 3.22. The second-order valence-electron chi connectivity index (χ2n) is 5.66. The standard InChI is InChI=1S/C18H17ClN2O2/c1-12-6-5-9-15(19)17(12)20-18(23)13-10-16(22)21(11-13)14-7-3-2-4-8-14/h2-9,13H,10-11H2,1H3,(H,20,23)/t13-/m0/s1. The normalized spacial score (nSPS) is 17.4. The van der Waals surface area contributed by atoms with E-state index in [2.05, 4.69) is 5.32 Å². The Bertz CT molecular complexity index is 726. The van der Waals surface area contributed by atoms with E-state index in [9.17, 15) is 9.59 Å². The fourth-order valence-electron chi connectivity index (χ4n) is 2.76. The zero-order chi connectivity index (χ0) is 16.4. The minimum Gasteiger partial charge on any atom is -0.324 e. The van der Waals surface area contributed by atoms with Crippen molar-refractivity contribution in [2.75, 3.05) is 16.8 Å². The summed E-state index contributed by atoms with van der Waals surface area (Å²) in [5.41, 5.74) is 2.33. The Morgan fingerprint density at radius 1 is 1.17 bits per heavy atom. The van der Waals surface area contributed by atoms with Crippen LogP contribution in [0.25, 0.3) is 0 Å². The Balaban J connectivity index is 1.73. The Labute approximate surface area is 140 Å². The molecule has 1 aliphatic rings. The summed E-state index contributed by atoms with van der Waals surface area (Å²) in [5.74, 6) is -0.585. The van der Waals surface area contributed by atoms with Gasteiger partial charge in [0.2, 0.25) is 11.8 Å². The molecule has 0 aliphatic carbocycles. The van der Waals surface area contributed by atoms with Crippen LogP contribution < -0.4 is 10.2 Å². The third-order valence-corrected chi connectivity index (χ3v) is 4.35. The molecule has 1 saturated heterocycles. The fraction of sp³-hybridized carbons (Fsp3) is 0.222. The first-order valence-electron chi connectivity index (χ1n) is 7.47. The van der Waals surface area contributed by atoms with Gasteiger partial charge in [-0.2, -0.15) is 0 Å². The minimum absolute atomic E-state index is 0.0350. The highest BCUT2D eigenvalue weighted by molar-refractivity contribution is 6.34. The van der Waals surface area contributed by atoms with Crippen LogP contribution in [0.15, 0.2) is 48.5 Å². The van der Waals surface area contributed by atoms with E-state index >= 15 is 0 Å². The SMILES string of the molecule is Cc1cccc(Cl)c1NC(=O)[C@H]1CC(=O)N(c2ccccc2)C1. The number of para-hydroxylation sites is 2. The van der Waals surface area contributed by atoms with Crippen molar-refractivity contribution in [1.82, 2.24) is 0 Å². The van der Waals surface area contributed by atoms with E-state index in [0.717, 1.165) is 11.3 Å². The number of aryl methyl sites for hydroxylation is 1. The van der Waals surface area contributed by atoms with Crippen LogP contribution >= 0.6 is 11.6 Å². The number of benzene rings is 2. The lowest BCUT2D eigenvalue weighted by Gasteiger charge is -2.17. The van der Waals surface area contributed by atoms with Gasteiger partial charge in [0.05, 0.1) is 16.6 Å². The first kappa shape index (κ1) is 15.6. The monoisotopic (exact) mass is 328 g/mol. The van der Waals surface area contributed by atoms with Gasteiger partial charge in [0, 0.05) is 18.7 Å². The van der Waals surface area contributed by atoms with Crippen LogP contribution in [-0.4, -0.2) is 18.4 Å². The zero-order valence-electron chi connectivity index (χ0n) is 12.8. The molecule has 1 aliphatic heterocycles. The highest BCUT2D eigenvalue weighted by Gasteiger charge is 2.35. The van der Waals surface area contributed by atoms with Gasteiger partial charge in [-0.05, 0) is 30.7 Å². The molecule has 0 spiro atoms. The Morgan fingerprint density at radius 3 is 2.61 bits per heavy atom. The van der Waals surface area contributed by atoms with E-state index in [1.54, 1.807) is 11.0 Å². The number of amides is 2. The summed E-state index contributed by atoms with van der Waals surface area (Å²) < 4.78 is 0. The first-order chi connectivity index (χ1) is 11.1. The highest BCUT2D eigenvalue weighted by Crippen LogP contribution is 2.29. The molecular formula is C18H17ClN2O2. The maximum Gasteiger partial charge on any atom is 0.229 e. The summed E-state index contributed by atoms with van der Waals surface area (Å²) in [6.07, 6.45) is 0.213. The molecule has 1 N–H and O–H groups in total. The second-order valence-corrected chi connectivity index (χ2v) is 6.07. The van der Waals surface area contributed by atoms with Crippen molar-refractivity contribution < 1.29 is 9.59 Å². The molecule has 1 heterocycles. The predicted octanol–water partition coefficient (Wildman–Crippen LogP) is 3.64. The Morgan fingerprint density at radius 2 is 1.91 bits per heavy atom. The van der Waals surface area contributed by atoms with Gasteiger partial charge in [-0.25, -0.2) is 0 Å². The molecule has 2 aromatic rings. The molecule has 1 atom stereocenters. The van der Waals surface area contributed by atoms with Crippen LogP contribution in [0.4, 0.5) is 11.4 Å². The van der Waals surface area contributed by atoms with Crippen molar-refractivity contribution in [3.63, 3.8) is 0 Å². The van der Waals surface area contributed by atoms with Crippen molar-refractivity contribution in [2.24, 2.45) is 5.92 Å². The lowest BCUT2D eigenvalue weighted by molar-refractivity contribution is -0.122. The van der Waals surface area contributed by atoms with Crippen LogP contribution in [-0.2, 0) is 9.59 Å². The minimum atomic E-state index is -0.377. The molecule has 3 rings (SSSR count). The number of nitrogens with zero attached hydrogens (tertiary/aromatic N) is 1. The number of carbonyl (C=O) groups excluding carboxylic acids is 2. The second kappa shape index (κ2) is 6.42. The maximum absolute atomic E-state index is 12.5. The van der Waals surface area contributed by atoms with Crippen molar-refractivity contribution in [3.8, 4) is 0 Å². The molecule has 0 bridgehead atoms. The van der Waals surface area contributed by atoms with E-state index in [1.165, 1.54) is 0 Å². The van der Waals surface area contributed by atoms with Gasteiger partial charge in [0.1, 0.15) is 0 Å². The summed E-state index contributed by atoms with van der Waals surface area (Å²) in [6, 6.07) is 14.9. The Kier molecular flexibility index (Phi) is 4.35. The molecule has 5 heteroatoms. The van der Waals surface area contributed by atoms with Crippen molar-refractivity contribution >= 4 is 34.8 Å². The molecule has 0 aromatic heterocycles. The van der Waals surface area contributed by atoms with E-state index in [0.29, 0.717) is 17.3 Å². The van der Waals surface area contributed by atoms with Crippen LogP contribution in [0.3, 0.4) is 0 Å². The van der Waals surface area contributed by atoms with Gasteiger partial charge in [-0.3, -0.25) is 9.59 Å². The Hall–Kier alpha value is -2.33. The van der Waals surface area contributed by atoms with Crippen molar-refractivity contribution in [2.45, 2.75) is 13.3 Å². The molecule has 23 heavy (non-hydrogen) atoms. The lowest BCUT2D eigenvalue weighted by atomic mass is 10.1. The molecule has 1 fully saturated rings. The quantitative estimate of drug-likeness (QED) is 0.935. The number of hydrogen-bond donors (Lipinski definition) is 1. The molecule has 118 valence electrons. The maximum atomic E-state index is 12.5. The predicted molar refractivity (Wildman–Crippen MR) is 91.7 cm³/mol. The summed E-state index contributed by atoms with van der Waals surface area (Å²) in [6.45, 7) is 2.27. The fourth-order valence-corrected chi connectivity index (χ4v) is 3.03. The van der Waals surface area contributed by atoms with Crippen molar-refractivity contribution in [3.05, 3.63) is 59.1 Å². The number of halogens is 1. The topological polar surface area (TPSA) is 49.4 Å². The van der Waals surface area contributed by atoms with E-state index in [4.69, 9.17) is 11.6 Å². The average molecular weight is 329 g/mol. The van der Waals surface area contributed by atoms with E-state index in [-0.39, 0.29) is 24.2 Å². The molecule has 2 amide bonds. The molecule has 2 aromatic carbocycles. The van der Waals surface area contributed by atoms with Gasteiger partial charge in [-0.1, -0.05) is 41.9 Å². The molecular weight excluding hydrogens is 312 g/mol. The summed E-state index contributed by atoms with van der Waals surface area (Å²) in [4.78, 5) is 26.3. The number of hydrogen-bond acceptors (Lipinski definition) is 2. The molecule has 0 saturated carbocycles. The average Bonchev–Trinajstić information content (AvgIpc) is 2.94. The van der Waals surface area contributed by atoms with Gasteiger partial charge >= 0.3 is 0 Å². The lowest BCUT2D eigenvalue weighted by Crippen LogP contribution is -2.28. The third-order valence-electron chi connectivity index (χ3n) is 4.03. The molecule has 4 nitrogen and oxygen atoms in total. The molecule has 0 unspecified atom stereocenters. The number of anilines is 2. The molecule has 0 radical (unpaired) electrons. The van der Waals surface area contributed by atoms with Crippen molar-refractivity contribution in [1.29, 1.82) is 0 Å². The number of rotatable bonds is 3. The van der Waals surface area contributed by atoms with Crippen LogP contribution in [0, 0.1) is 12.8 Å². The zero-order valence-corrected chi connectivity index (χ0v) is 13.5. The van der Waals surface area contributed by atoms with Gasteiger partial charge in [-0.15, -0.1) is 0 Å². The van der Waals surface area contributed by atoms with Crippen LogP contribution in [0.1, 0.15) is 12.0 Å². The number of carbonyl (C=O) groups is 2. The summed E-state index contributed by atoms with van der Waals surface area (Å²) in [5, 5.41) is 3.37. The van der Waals surface area contributed by atoms with Crippen LogP contribution in [0.2, 0.25) is 5.02 Å². The van der Waals surface area contributed by atoms with Gasteiger partial charge in [0.15, 0.2) is 0 Å². The van der Waals surface area contributed by atoms with E-state index < -0.39 is 0 Å².